The predicted octanol–water partition coefficient (Wildman–Crippen LogP) is 24.6. The normalized spacial score (nSPS) is 11.7. The molecule has 10 aromatic rings. The Morgan fingerprint density at radius 3 is 0.817 bits per heavy atom. The number of benzene rings is 10. The number of nitrogens with zero attached hydrogens (tertiary/aromatic N) is 5. The first-order chi connectivity index (χ1) is 44.2. The maximum atomic E-state index is 2.35. The van der Waals surface area contributed by atoms with Crippen molar-refractivity contribution in [1.82, 2.24) is 0 Å². The van der Waals surface area contributed by atoms with Crippen molar-refractivity contribution in [3.63, 3.8) is 0 Å². The third kappa shape index (κ3) is 19.6. The zero-order valence-corrected chi connectivity index (χ0v) is 60.8. The van der Waals surface area contributed by atoms with Crippen LogP contribution in [0.4, 0.5) is 56.9 Å². The van der Waals surface area contributed by atoms with Gasteiger partial charge in [0.05, 0.1) is 0 Å². The minimum atomic E-state index is 0.784. The van der Waals surface area contributed by atoms with Crippen LogP contribution in [0, 0.1) is 118 Å². The van der Waals surface area contributed by atoms with Gasteiger partial charge in [-0.05, 0) is 317 Å². The fourth-order valence-corrected chi connectivity index (χ4v) is 12.1. The maximum absolute atomic E-state index is 2.35. The molecule has 1 saturated carbocycles. The Kier molecular flexibility index (Phi) is 25.5. The topological polar surface area (TPSA) is 16.2 Å². The molecule has 1 aliphatic carbocycles. The molecule has 0 heterocycles. The van der Waals surface area contributed by atoms with Crippen molar-refractivity contribution in [2.24, 2.45) is 0 Å². The summed E-state index contributed by atoms with van der Waals surface area (Å²) in [6, 6.07) is 70.6. The summed E-state index contributed by atoms with van der Waals surface area (Å²) >= 11 is 0. The van der Waals surface area contributed by atoms with Crippen molar-refractivity contribution < 1.29 is 0 Å². The van der Waals surface area contributed by atoms with Crippen molar-refractivity contribution in [3.8, 4) is 0 Å². The standard InChI is InChI=1S/C22H29N.2C17H21N.2C16H19N/c1-16-14-18(3)22(15-17(16)2)23(4)21-12-10-20(11-13-21)19-8-6-5-7-9-19;1-12-6-8-16(9-7-12)18(5)17-11-14(3)13(2)10-15(17)4;1-12-6-7-14(3)17(10-12)18(5)16-9-8-13(2)15(4)11-16;1-12-6-9-15(10-7-12)17(4)16-11-13(2)5-8-14(16)3;1-12-5-8-15(9-6-12)17(4)16-10-7-13(2)14(3)11-16/h10-15,19H,5-9H2,1-4H3;2*6-11H,1-5H3;2*5-11H,1-4H3. The largest absolute Gasteiger partial charge is 0.345 e. The van der Waals surface area contributed by atoms with Crippen molar-refractivity contribution >= 4 is 56.9 Å². The molecule has 10 aromatic carbocycles. The third-order valence-corrected chi connectivity index (χ3v) is 19.2. The van der Waals surface area contributed by atoms with E-state index in [1.54, 1.807) is 0 Å². The molecule has 0 bridgehead atoms. The van der Waals surface area contributed by atoms with Gasteiger partial charge >= 0.3 is 0 Å². The number of hydrogen-bond donors (Lipinski definition) is 0. The highest BCUT2D eigenvalue weighted by molar-refractivity contribution is 5.71. The molecule has 0 aromatic heterocycles. The van der Waals surface area contributed by atoms with Gasteiger partial charge in [-0.25, -0.2) is 0 Å². The molecule has 11 rings (SSSR count). The number of rotatable bonds is 11. The van der Waals surface area contributed by atoms with E-state index in [0.29, 0.717) is 0 Å². The quantitative estimate of drug-likeness (QED) is 0.128. The van der Waals surface area contributed by atoms with Gasteiger partial charge in [-0.3, -0.25) is 0 Å². The van der Waals surface area contributed by atoms with E-state index < -0.39 is 0 Å². The van der Waals surface area contributed by atoms with Crippen LogP contribution in [-0.2, 0) is 0 Å². The molecule has 0 spiro atoms. The highest BCUT2D eigenvalue weighted by atomic mass is 15.1. The highest BCUT2D eigenvalue weighted by Crippen LogP contribution is 2.37. The van der Waals surface area contributed by atoms with Crippen LogP contribution >= 0.6 is 0 Å². The molecule has 1 aliphatic rings. The van der Waals surface area contributed by atoms with Gasteiger partial charge in [0.2, 0.25) is 0 Å². The molecule has 0 N–H and O–H groups in total. The Morgan fingerprint density at radius 1 is 0.204 bits per heavy atom. The highest BCUT2D eigenvalue weighted by Gasteiger charge is 2.17. The number of aryl methyl sites for hydroxylation is 17. The monoisotopic (exact) mass is 1240 g/mol. The molecule has 0 radical (unpaired) electrons. The van der Waals surface area contributed by atoms with Crippen LogP contribution in [0.25, 0.3) is 0 Å². The van der Waals surface area contributed by atoms with Gasteiger partial charge in [0.15, 0.2) is 0 Å². The molecule has 93 heavy (non-hydrogen) atoms. The lowest BCUT2D eigenvalue weighted by molar-refractivity contribution is 0.443. The molecule has 0 atom stereocenters. The first kappa shape index (κ1) is 71.6. The van der Waals surface area contributed by atoms with E-state index in [1.807, 2.05) is 0 Å². The Balaban J connectivity index is 0.000000166. The summed E-state index contributed by atoms with van der Waals surface area (Å²) in [6.45, 7) is 36.6. The van der Waals surface area contributed by atoms with Crippen LogP contribution in [0.1, 0.15) is 138 Å². The first-order valence-corrected chi connectivity index (χ1v) is 33.6. The third-order valence-electron chi connectivity index (χ3n) is 19.2. The van der Waals surface area contributed by atoms with E-state index in [-0.39, 0.29) is 0 Å². The van der Waals surface area contributed by atoms with Gasteiger partial charge in [0, 0.05) is 92.1 Å². The maximum Gasteiger partial charge on any atom is 0.0440 e. The SMILES string of the molecule is Cc1cc(C)c(N(C)c2ccc(C3CCCCC3)cc2)cc1C.Cc1ccc(C)c(N(C)c2ccc(C)c(C)c2)c1.Cc1ccc(N(C)c2cc(C)c(C)cc2C)cc1.Cc1ccc(N(C)c2cc(C)ccc2C)cc1.Cc1ccc(N(C)c2ccc(C)c(C)c2)cc1. The second-order valence-electron chi connectivity index (χ2n) is 26.8. The molecule has 5 nitrogen and oxygen atoms in total. The van der Waals surface area contributed by atoms with E-state index in [9.17, 15) is 0 Å². The van der Waals surface area contributed by atoms with E-state index in [4.69, 9.17) is 0 Å². The van der Waals surface area contributed by atoms with Gasteiger partial charge in [0.1, 0.15) is 0 Å². The summed E-state index contributed by atoms with van der Waals surface area (Å²) in [4.78, 5) is 11.3. The van der Waals surface area contributed by atoms with Crippen LogP contribution in [0.5, 0.6) is 0 Å². The van der Waals surface area contributed by atoms with Crippen molar-refractivity contribution in [2.45, 2.75) is 156 Å². The lowest BCUT2D eigenvalue weighted by Crippen LogP contribution is -2.12. The Bertz CT molecular complexity index is 4030. The molecule has 5 heteroatoms. The van der Waals surface area contributed by atoms with Crippen LogP contribution in [-0.4, -0.2) is 35.2 Å². The summed E-state index contributed by atoms with van der Waals surface area (Å²) in [5, 5.41) is 0. The summed E-state index contributed by atoms with van der Waals surface area (Å²) in [5.41, 5.74) is 36.6. The van der Waals surface area contributed by atoms with Crippen LogP contribution < -0.4 is 24.5 Å². The second kappa shape index (κ2) is 33.2. The zero-order chi connectivity index (χ0) is 67.8. The van der Waals surface area contributed by atoms with Crippen LogP contribution in [0.2, 0.25) is 0 Å². The lowest BCUT2D eigenvalue weighted by Gasteiger charge is -2.25. The van der Waals surface area contributed by atoms with Gasteiger partial charge < -0.3 is 24.5 Å². The van der Waals surface area contributed by atoms with Gasteiger partial charge in [-0.2, -0.15) is 0 Å². The molecular weight excluding hydrogens is 1130 g/mol. The first-order valence-electron chi connectivity index (χ1n) is 33.6. The average molecular weight is 1240 g/mol. The molecule has 0 amide bonds. The van der Waals surface area contributed by atoms with Crippen molar-refractivity contribution in [1.29, 1.82) is 0 Å². The number of anilines is 10. The van der Waals surface area contributed by atoms with Crippen LogP contribution in [0.15, 0.2) is 194 Å². The summed E-state index contributed by atoms with van der Waals surface area (Å²) < 4.78 is 0. The minimum absolute atomic E-state index is 0.784. The van der Waals surface area contributed by atoms with Crippen molar-refractivity contribution in [2.75, 3.05) is 59.7 Å². The van der Waals surface area contributed by atoms with E-state index >= 15 is 0 Å². The molecule has 0 saturated heterocycles. The number of hydrogen-bond acceptors (Lipinski definition) is 5. The Hall–Kier alpha value is -8.80. The van der Waals surface area contributed by atoms with Gasteiger partial charge in [0.25, 0.3) is 0 Å². The van der Waals surface area contributed by atoms with E-state index in [0.717, 1.165) is 5.92 Å². The molecule has 486 valence electrons. The predicted molar refractivity (Wildman–Crippen MR) is 411 cm³/mol. The van der Waals surface area contributed by atoms with E-state index in [2.05, 4.69) is 372 Å². The Labute approximate surface area is 563 Å². The van der Waals surface area contributed by atoms with E-state index in [1.165, 1.54) is 189 Å². The van der Waals surface area contributed by atoms with Gasteiger partial charge in [-0.15, -0.1) is 0 Å². The summed E-state index contributed by atoms with van der Waals surface area (Å²) in [6.07, 6.45) is 6.95. The summed E-state index contributed by atoms with van der Waals surface area (Å²) in [5.74, 6) is 0.784. The second-order valence-corrected chi connectivity index (χ2v) is 26.8. The van der Waals surface area contributed by atoms with Crippen molar-refractivity contribution in [3.05, 3.63) is 294 Å². The zero-order valence-electron chi connectivity index (χ0n) is 60.8. The molecule has 0 unspecified atom stereocenters. The molecule has 0 aliphatic heterocycles. The Morgan fingerprint density at radius 2 is 0.462 bits per heavy atom. The molecular formula is C88H109N5. The smallest absolute Gasteiger partial charge is 0.0440 e. The van der Waals surface area contributed by atoms with Crippen LogP contribution in [0.3, 0.4) is 0 Å². The fraction of sp³-hybridized carbons (Fsp3) is 0.318. The average Bonchev–Trinajstić information content (AvgIpc) is 0.912. The molecule has 1 fully saturated rings. The summed E-state index contributed by atoms with van der Waals surface area (Å²) in [7, 11) is 10.7. The fourth-order valence-electron chi connectivity index (χ4n) is 12.1. The lowest BCUT2D eigenvalue weighted by atomic mass is 9.84. The minimum Gasteiger partial charge on any atom is -0.345 e. The van der Waals surface area contributed by atoms with Gasteiger partial charge in [-0.1, -0.05) is 133 Å².